The number of nitrogens with zero attached hydrogens (tertiary/aromatic N) is 1. The smallest absolute Gasteiger partial charge is 0.0713 e. The molecule has 316 valence electrons. The maximum Gasteiger partial charge on any atom is 0.0713 e. The summed E-state index contributed by atoms with van der Waals surface area (Å²) in [5.74, 6) is 2.70. The van der Waals surface area contributed by atoms with Gasteiger partial charge in [-0.05, 0) is 164 Å². The van der Waals surface area contributed by atoms with Crippen LogP contribution in [0.4, 0.5) is 17.1 Å². The number of hydrogen-bond donors (Lipinski definition) is 0. The Balaban J connectivity index is 0.927. The van der Waals surface area contributed by atoms with Crippen LogP contribution in [-0.4, -0.2) is 0 Å². The molecule has 6 aliphatic carbocycles. The van der Waals surface area contributed by atoms with Gasteiger partial charge in [0, 0.05) is 17.1 Å². The molecule has 0 amide bonds. The van der Waals surface area contributed by atoms with Crippen molar-refractivity contribution >= 4 is 17.1 Å². The standard InChI is InChI=1S/C65H51N/c1-3-15-47(16-4-1)64(59-23-11-7-19-55(59)56-20-8-12-24-60(56)64)49-29-35-53(36-30-49)66(52-33-27-46(28-34-52)63-42-44-39-45(43-63)41-51(63)40-44)54-37-31-50(32-38-54)65(48-17-5-2-6-18-48)61-25-13-9-21-57(61)58-22-10-14-26-62(58)65/h1-38,44-45,51H,39-43H2. The van der Waals surface area contributed by atoms with Gasteiger partial charge in [0.2, 0.25) is 0 Å². The number of anilines is 3. The maximum absolute atomic E-state index is 2.50. The average molecular weight is 846 g/mol. The first-order chi connectivity index (χ1) is 32.7. The van der Waals surface area contributed by atoms with Crippen molar-refractivity contribution in [2.75, 3.05) is 4.90 Å². The second-order valence-corrected chi connectivity index (χ2v) is 20.1. The van der Waals surface area contributed by atoms with Crippen LogP contribution in [0.3, 0.4) is 0 Å². The van der Waals surface area contributed by atoms with E-state index in [9.17, 15) is 0 Å². The zero-order valence-electron chi connectivity index (χ0n) is 37.2. The second-order valence-electron chi connectivity index (χ2n) is 20.1. The molecule has 4 fully saturated rings. The molecule has 0 aliphatic heterocycles. The fourth-order valence-electron chi connectivity index (χ4n) is 14.8. The van der Waals surface area contributed by atoms with Gasteiger partial charge in [0.15, 0.2) is 0 Å². The van der Waals surface area contributed by atoms with Crippen molar-refractivity contribution in [1.29, 1.82) is 0 Å². The van der Waals surface area contributed by atoms with Crippen LogP contribution in [0.1, 0.15) is 82.2 Å². The van der Waals surface area contributed by atoms with E-state index in [2.05, 4.69) is 235 Å². The zero-order valence-corrected chi connectivity index (χ0v) is 37.2. The van der Waals surface area contributed by atoms with Gasteiger partial charge >= 0.3 is 0 Å². The Kier molecular flexibility index (Phi) is 8.30. The van der Waals surface area contributed by atoms with Crippen LogP contribution in [0.15, 0.2) is 231 Å². The van der Waals surface area contributed by atoms with Gasteiger partial charge in [0.1, 0.15) is 0 Å². The van der Waals surface area contributed by atoms with E-state index in [0.29, 0.717) is 5.41 Å². The third-order valence-electron chi connectivity index (χ3n) is 17.1. The van der Waals surface area contributed by atoms with Crippen LogP contribution in [0.2, 0.25) is 0 Å². The lowest BCUT2D eigenvalue weighted by Gasteiger charge is -2.35. The highest BCUT2D eigenvalue weighted by Crippen LogP contribution is 2.66. The van der Waals surface area contributed by atoms with Crippen molar-refractivity contribution in [2.24, 2.45) is 17.8 Å². The van der Waals surface area contributed by atoms with Crippen LogP contribution < -0.4 is 4.90 Å². The number of hydrogen-bond acceptors (Lipinski definition) is 1. The van der Waals surface area contributed by atoms with E-state index in [1.54, 1.807) is 5.56 Å². The first kappa shape index (κ1) is 38.1. The Hall–Kier alpha value is -7.22. The third-order valence-corrected chi connectivity index (χ3v) is 17.1. The van der Waals surface area contributed by atoms with Crippen LogP contribution in [-0.2, 0) is 16.2 Å². The van der Waals surface area contributed by atoms with Gasteiger partial charge in [0.25, 0.3) is 0 Å². The highest BCUT2D eigenvalue weighted by atomic mass is 15.1. The Morgan fingerprint density at radius 3 is 0.955 bits per heavy atom. The molecule has 4 saturated carbocycles. The summed E-state index contributed by atoms with van der Waals surface area (Å²) in [5.41, 5.74) is 20.3. The lowest BCUT2D eigenvalue weighted by atomic mass is 9.67. The fourth-order valence-corrected chi connectivity index (χ4v) is 14.8. The van der Waals surface area contributed by atoms with Crippen LogP contribution in [0.25, 0.3) is 22.3 Å². The molecule has 0 saturated heterocycles. The molecule has 4 bridgehead atoms. The van der Waals surface area contributed by atoms with E-state index in [4.69, 9.17) is 0 Å². The van der Waals surface area contributed by atoms with Crippen molar-refractivity contribution in [3.05, 3.63) is 281 Å². The van der Waals surface area contributed by atoms with Crippen molar-refractivity contribution in [1.82, 2.24) is 0 Å². The lowest BCUT2D eigenvalue weighted by Crippen LogP contribution is -2.29. The van der Waals surface area contributed by atoms with E-state index in [0.717, 1.165) is 29.1 Å². The number of fused-ring (bicyclic) bond motifs is 6. The summed E-state index contributed by atoms with van der Waals surface area (Å²) in [7, 11) is 0. The van der Waals surface area contributed by atoms with E-state index < -0.39 is 10.8 Å². The predicted molar refractivity (Wildman–Crippen MR) is 271 cm³/mol. The predicted octanol–water partition coefficient (Wildman–Crippen LogP) is 16.0. The Morgan fingerprint density at radius 2 is 0.591 bits per heavy atom. The summed E-state index contributed by atoms with van der Waals surface area (Å²) in [6, 6.07) is 87.4. The monoisotopic (exact) mass is 845 g/mol. The first-order valence-corrected chi connectivity index (χ1v) is 24.3. The Bertz CT molecular complexity index is 3000. The third kappa shape index (κ3) is 5.17. The summed E-state index contributed by atoms with van der Waals surface area (Å²) in [6.07, 6.45) is 7.08. The van der Waals surface area contributed by atoms with Crippen molar-refractivity contribution in [3.63, 3.8) is 0 Å². The highest BCUT2D eigenvalue weighted by molar-refractivity contribution is 5.88. The second kappa shape index (κ2) is 14.4. The molecule has 66 heavy (non-hydrogen) atoms. The van der Waals surface area contributed by atoms with Gasteiger partial charge in [-0.3, -0.25) is 0 Å². The molecule has 6 aliphatic rings. The van der Waals surface area contributed by atoms with E-state index in [1.807, 2.05) is 0 Å². The highest BCUT2D eigenvalue weighted by Gasteiger charge is 2.58. The minimum absolute atomic E-state index is 0.374. The summed E-state index contributed by atoms with van der Waals surface area (Å²) < 4.78 is 0. The van der Waals surface area contributed by atoms with E-state index >= 15 is 0 Å². The van der Waals surface area contributed by atoms with Crippen LogP contribution >= 0.6 is 0 Å². The Morgan fingerprint density at radius 1 is 0.288 bits per heavy atom. The first-order valence-electron chi connectivity index (χ1n) is 24.3. The van der Waals surface area contributed by atoms with Gasteiger partial charge in [-0.25, -0.2) is 0 Å². The van der Waals surface area contributed by atoms with Crippen LogP contribution in [0.5, 0.6) is 0 Å². The number of rotatable bonds is 8. The molecule has 0 spiro atoms. The van der Waals surface area contributed by atoms with E-state index in [-0.39, 0.29) is 0 Å². The summed E-state index contributed by atoms with van der Waals surface area (Å²) in [5, 5.41) is 0. The molecule has 2 unspecified atom stereocenters. The summed E-state index contributed by atoms with van der Waals surface area (Å²) >= 11 is 0. The maximum atomic E-state index is 2.50. The number of benzene rings is 9. The largest absolute Gasteiger partial charge is 0.311 e. The average Bonchev–Trinajstić information content (AvgIpc) is 4.04. The molecule has 2 atom stereocenters. The van der Waals surface area contributed by atoms with E-state index in [1.165, 1.54) is 105 Å². The minimum atomic E-state index is -0.445. The molecule has 0 heterocycles. The zero-order chi connectivity index (χ0) is 43.5. The van der Waals surface area contributed by atoms with Crippen molar-refractivity contribution < 1.29 is 0 Å². The van der Waals surface area contributed by atoms with Crippen molar-refractivity contribution in [3.8, 4) is 22.3 Å². The SMILES string of the molecule is c1ccc(C2(c3ccc(N(c4ccc(C5(c6ccccc6)c6ccccc6-c6ccccc65)cc4)c4ccc(C56CC7CC(CC5C7)C6)cc4)cc3)c3ccccc3-c3ccccc32)cc1. The fraction of sp³-hybridized carbons (Fsp3) is 0.169. The quantitative estimate of drug-likeness (QED) is 0.147. The normalized spacial score (nSPS) is 21.8. The molecule has 9 aromatic carbocycles. The topological polar surface area (TPSA) is 3.24 Å². The molecule has 15 rings (SSSR count). The van der Waals surface area contributed by atoms with Gasteiger partial charge in [-0.15, -0.1) is 0 Å². The van der Waals surface area contributed by atoms with Gasteiger partial charge in [0.05, 0.1) is 10.8 Å². The van der Waals surface area contributed by atoms with Gasteiger partial charge < -0.3 is 4.90 Å². The molecular weight excluding hydrogens is 795 g/mol. The molecule has 9 aromatic rings. The summed E-state index contributed by atoms with van der Waals surface area (Å²) in [6.45, 7) is 0. The molecule has 0 aromatic heterocycles. The Labute approximate surface area is 389 Å². The molecule has 1 heteroatoms. The molecule has 0 N–H and O–H groups in total. The van der Waals surface area contributed by atoms with Gasteiger partial charge in [-0.1, -0.05) is 194 Å². The summed E-state index contributed by atoms with van der Waals surface area (Å²) in [4.78, 5) is 2.49. The minimum Gasteiger partial charge on any atom is -0.311 e. The van der Waals surface area contributed by atoms with Crippen LogP contribution in [0, 0.1) is 17.8 Å². The lowest BCUT2D eigenvalue weighted by molar-refractivity contribution is 0.266. The molecule has 1 nitrogen and oxygen atoms in total. The molecule has 0 radical (unpaired) electrons. The van der Waals surface area contributed by atoms with Gasteiger partial charge in [-0.2, -0.15) is 0 Å². The van der Waals surface area contributed by atoms with Crippen molar-refractivity contribution in [2.45, 2.75) is 48.3 Å². The molecular formula is C65H51N.